The molecule has 0 spiro atoms. The first-order valence-electron chi connectivity index (χ1n) is 7.74. The zero-order valence-electron chi connectivity index (χ0n) is 12.7. The Labute approximate surface area is 124 Å². The van der Waals surface area contributed by atoms with Gasteiger partial charge in [0.2, 0.25) is 0 Å². The first-order valence-corrected chi connectivity index (χ1v) is 7.74. The molecule has 1 aliphatic carbocycles. The van der Waals surface area contributed by atoms with Crippen LogP contribution in [0.5, 0.6) is 0 Å². The fraction of sp³-hybridized carbons (Fsp3) is 0.529. The van der Waals surface area contributed by atoms with Crippen LogP contribution in [0.25, 0.3) is 11.0 Å². The van der Waals surface area contributed by atoms with E-state index < -0.39 is 0 Å². The van der Waals surface area contributed by atoms with Gasteiger partial charge in [-0.05, 0) is 49.8 Å². The van der Waals surface area contributed by atoms with Gasteiger partial charge in [-0.25, -0.2) is 9.82 Å². The lowest BCUT2D eigenvalue weighted by Gasteiger charge is -2.31. The number of nitrogens with two attached hydrogens (primary N) is 1. The van der Waals surface area contributed by atoms with Gasteiger partial charge >= 0.3 is 0 Å². The van der Waals surface area contributed by atoms with E-state index in [0.717, 1.165) is 41.1 Å². The minimum absolute atomic E-state index is 0.00737. The van der Waals surface area contributed by atoms with Crippen molar-refractivity contribution in [2.24, 2.45) is 17.7 Å². The Morgan fingerprint density at radius 3 is 2.67 bits per heavy atom. The molecule has 1 heterocycles. The average Bonchev–Trinajstić information content (AvgIpc) is 2.79. The topological polar surface area (TPSA) is 51.2 Å². The van der Waals surface area contributed by atoms with Crippen LogP contribution < -0.4 is 11.3 Å². The van der Waals surface area contributed by atoms with E-state index in [1.54, 1.807) is 6.07 Å². The van der Waals surface area contributed by atoms with E-state index in [1.165, 1.54) is 25.0 Å². The molecule has 114 valence electrons. The Balaban J connectivity index is 1.95. The quantitative estimate of drug-likeness (QED) is 0.657. The molecule has 1 fully saturated rings. The normalized spacial score (nSPS) is 24.4. The zero-order valence-corrected chi connectivity index (χ0v) is 12.7. The Hall–Kier alpha value is -1.39. The van der Waals surface area contributed by atoms with Gasteiger partial charge in [-0.2, -0.15) is 0 Å². The van der Waals surface area contributed by atoms with Crippen molar-refractivity contribution < 1.29 is 8.81 Å². The van der Waals surface area contributed by atoms with E-state index in [0.29, 0.717) is 5.92 Å². The standard InChI is InChI=1S/C17H23FN2O/c1-10-3-5-12(6-4-10)16(20-19)17-11(2)14-9-13(18)7-8-15(14)21-17/h7-10,12,16,20H,3-6,19H2,1-2H3. The fourth-order valence-corrected chi connectivity index (χ4v) is 3.55. The van der Waals surface area contributed by atoms with Crippen LogP contribution in [0, 0.1) is 24.6 Å². The largest absolute Gasteiger partial charge is 0.459 e. The molecule has 4 heteroatoms. The lowest BCUT2D eigenvalue weighted by Crippen LogP contribution is -2.35. The minimum Gasteiger partial charge on any atom is -0.459 e. The summed E-state index contributed by atoms with van der Waals surface area (Å²) >= 11 is 0. The fourth-order valence-electron chi connectivity index (χ4n) is 3.55. The smallest absolute Gasteiger partial charge is 0.134 e. The second kappa shape index (κ2) is 5.78. The van der Waals surface area contributed by atoms with Crippen molar-refractivity contribution in [1.29, 1.82) is 0 Å². The van der Waals surface area contributed by atoms with Crippen LogP contribution in [0.15, 0.2) is 22.6 Å². The van der Waals surface area contributed by atoms with Gasteiger partial charge in [0.25, 0.3) is 0 Å². The van der Waals surface area contributed by atoms with Gasteiger partial charge in [-0.3, -0.25) is 5.84 Å². The molecule has 3 nitrogen and oxygen atoms in total. The van der Waals surface area contributed by atoms with Gasteiger partial charge in [0.1, 0.15) is 17.2 Å². The third-order valence-electron chi connectivity index (χ3n) is 4.93. The summed E-state index contributed by atoms with van der Waals surface area (Å²) in [6, 6.07) is 4.67. The first-order chi connectivity index (χ1) is 10.1. The molecule has 1 unspecified atom stereocenters. The molecule has 1 aliphatic rings. The van der Waals surface area contributed by atoms with Gasteiger partial charge in [0, 0.05) is 10.9 Å². The molecule has 0 bridgehead atoms. The van der Waals surface area contributed by atoms with E-state index in [-0.39, 0.29) is 11.9 Å². The van der Waals surface area contributed by atoms with E-state index in [1.807, 2.05) is 6.92 Å². The van der Waals surface area contributed by atoms with Crippen LogP contribution in [-0.2, 0) is 0 Å². The van der Waals surface area contributed by atoms with Crippen molar-refractivity contribution >= 4 is 11.0 Å². The summed E-state index contributed by atoms with van der Waals surface area (Å²) in [6.07, 6.45) is 4.77. The highest BCUT2D eigenvalue weighted by Gasteiger charge is 2.30. The van der Waals surface area contributed by atoms with Gasteiger partial charge in [0.15, 0.2) is 0 Å². The second-order valence-electron chi connectivity index (χ2n) is 6.40. The van der Waals surface area contributed by atoms with Crippen LogP contribution in [0.1, 0.15) is 50.0 Å². The number of fused-ring (bicyclic) bond motifs is 1. The molecule has 0 radical (unpaired) electrons. The van der Waals surface area contributed by atoms with Gasteiger partial charge in [-0.1, -0.05) is 19.8 Å². The van der Waals surface area contributed by atoms with Crippen LogP contribution in [0.2, 0.25) is 0 Å². The Bertz CT molecular complexity index is 629. The maximum atomic E-state index is 13.4. The molecular formula is C17H23FN2O. The maximum absolute atomic E-state index is 13.4. The molecule has 1 saturated carbocycles. The Morgan fingerprint density at radius 2 is 2.00 bits per heavy atom. The number of rotatable bonds is 3. The molecule has 0 saturated heterocycles. The number of nitrogens with one attached hydrogen (secondary N) is 1. The van der Waals surface area contributed by atoms with E-state index >= 15 is 0 Å². The number of hydrogen-bond donors (Lipinski definition) is 2. The summed E-state index contributed by atoms with van der Waals surface area (Å²) in [6.45, 7) is 4.28. The highest BCUT2D eigenvalue weighted by Crippen LogP contribution is 2.39. The van der Waals surface area contributed by atoms with E-state index in [2.05, 4.69) is 12.3 Å². The van der Waals surface area contributed by atoms with Crippen LogP contribution >= 0.6 is 0 Å². The van der Waals surface area contributed by atoms with Crippen LogP contribution in [-0.4, -0.2) is 0 Å². The summed E-state index contributed by atoms with van der Waals surface area (Å²) in [5.74, 6) is 7.71. The molecule has 1 atom stereocenters. The number of hydrogen-bond acceptors (Lipinski definition) is 3. The van der Waals surface area contributed by atoms with Gasteiger partial charge in [0.05, 0.1) is 6.04 Å². The van der Waals surface area contributed by atoms with Crippen molar-refractivity contribution in [2.75, 3.05) is 0 Å². The van der Waals surface area contributed by atoms with Crippen molar-refractivity contribution in [3.05, 3.63) is 35.3 Å². The molecule has 2 aromatic rings. The highest BCUT2D eigenvalue weighted by atomic mass is 19.1. The zero-order chi connectivity index (χ0) is 15.0. The first kappa shape index (κ1) is 14.5. The summed E-state index contributed by atoms with van der Waals surface area (Å²) in [4.78, 5) is 0. The molecule has 0 amide bonds. The number of halogens is 1. The van der Waals surface area contributed by atoms with Crippen LogP contribution in [0.4, 0.5) is 4.39 Å². The third-order valence-corrected chi connectivity index (χ3v) is 4.93. The molecular weight excluding hydrogens is 267 g/mol. The molecule has 0 aliphatic heterocycles. The third kappa shape index (κ3) is 2.70. The summed E-state index contributed by atoms with van der Waals surface area (Å²) < 4.78 is 19.4. The Kier molecular flexibility index (Phi) is 4.00. The number of hydrazine groups is 1. The molecule has 3 N–H and O–H groups in total. The van der Waals surface area contributed by atoms with Crippen LogP contribution in [0.3, 0.4) is 0 Å². The minimum atomic E-state index is -0.235. The summed E-state index contributed by atoms with van der Waals surface area (Å²) in [7, 11) is 0. The number of furan rings is 1. The monoisotopic (exact) mass is 290 g/mol. The lowest BCUT2D eigenvalue weighted by atomic mass is 9.78. The SMILES string of the molecule is Cc1c(C(NN)C2CCC(C)CC2)oc2ccc(F)cc12. The molecule has 1 aromatic carbocycles. The van der Waals surface area contributed by atoms with Crippen molar-refractivity contribution in [3.8, 4) is 0 Å². The highest BCUT2D eigenvalue weighted by molar-refractivity contribution is 5.82. The molecule has 1 aromatic heterocycles. The average molecular weight is 290 g/mol. The lowest BCUT2D eigenvalue weighted by molar-refractivity contribution is 0.215. The molecule has 21 heavy (non-hydrogen) atoms. The predicted octanol–water partition coefficient (Wildman–Crippen LogP) is 4.21. The van der Waals surface area contributed by atoms with E-state index in [4.69, 9.17) is 10.3 Å². The van der Waals surface area contributed by atoms with E-state index in [9.17, 15) is 4.39 Å². The maximum Gasteiger partial charge on any atom is 0.134 e. The van der Waals surface area contributed by atoms with Crippen molar-refractivity contribution in [3.63, 3.8) is 0 Å². The van der Waals surface area contributed by atoms with Gasteiger partial charge < -0.3 is 4.42 Å². The summed E-state index contributed by atoms with van der Waals surface area (Å²) in [5, 5.41) is 0.842. The molecule has 3 rings (SSSR count). The predicted molar refractivity (Wildman–Crippen MR) is 82.1 cm³/mol. The van der Waals surface area contributed by atoms with Crippen molar-refractivity contribution in [2.45, 2.75) is 45.6 Å². The van der Waals surface area contributed by atoms with Crippen molar-refractivity contribution in [1.82, 2.24) is 5.43 Å². The van der Waals surface area contributed by atoms with Gasteiger partial charge in [-0.15, -0.1) is 0 Å². The number of aryl methyl sites for hydroxylation is 1. The summed E-state index contributed by atoms with van der Waals surface area (Å²) in [5.41, 5.74) is 4.65. The second-order valence-corrected chi connectivity index (χ2v) is 6.40. The number of benzene rings is 1. The Morgan fingerprint density at radius 1 is 1.29 bits per heavy atom.